The lowest BCUT2D eigenvalue weighted by Gasteiger charge is -2.48. The molecule has 2 aliphatic heterocycles. The molecule has 0 spiro atoms. The van der Waals surface area contributed by atoms with Gasteiger partial charge in [-0.3, -0.25) is 14.6 Å². The molecule has 3 heterocycles. The lowest BCUT2D eigenvalue weighted by atomic mass is 10.0. The molecule has 3 rings (SSSR count). The first-order valence-corrected chi connectivity index (χ1v) is 8.00. The van der Waals surface area contributed by atoms with Crippen molar-refractivity contribution >= 4 is 0 Å². The van der Waals surface area contributed by atoms with Crippen molar-refractivity contribution in [3.63, 3.8) is 0 Å². The topological polar surface area (TPSA) is 31.7 Å². The van der Waals surface area contributed by atoms with Crippen LogP contribution in [0, 0.1) is 0 Å². The van der Waals surface area contributed by atoms with E-state index in [2.05, 4.69) is 27.7 Å². The van der Waals surface area contributed by atoms with E-state index in [1.807, 2.05) is 6.20 Å². The first kappa shape index (κ1) is 14.8. The maximum Gasteiger partial charge on any atom is 0.250 e. The minimum absolute atomic E-state index is 0.0836. The quantitative estimate of drug-likeness (QED) is 0.793. The normalized spacial score (nSPS) is 22.4. The number of pyridine rings is 1. The lowest BCUT2D eigenvalue weighted by Crippen LogP contribution is -2.62. The molecule has 0 radical (unpaired) electrons. The van der Waals surface area contributed by atoms with Gasteiger partial charge in [0.1, 0.15) is 0 Å². The van der Waals surface area contributed by atoms with E-state index in [1.165, 1.54) is 32.7 Å². The van der Waals surface area contributed by atoms with Gasteiger partial charge < -0.3 is 9.47 Å². The van der Waals surface area contributed by atoms with E-state index >= 15 is 0 Å². The Morgan fingerprint density at radius 3 is 2.48 bits per heavy atom. The van der Waals surface area contributed by atoms with E-state index in [1.54, 1.807) is 17.7 Å². The second-order valence-corrected chi connectivity index (χ2v) is 6.30. The second-order valence-electron chi connectivity index (χ2n) is 6.30. The Kier molecular flexibility index (Phi) is 4.42. The third-order valence-electron chi connectivity index (χ3n) is 4.88. The molecule has 116 valence electrons. The average Bonchev–Trinajstić information content (AvgIpc) is 2.46. The van der Waals surface area contributed by atoms with Gasteiger partial charge in [0.15, 0.2) is 0 Å². The molecule has 0 unspecified atom stereocenters. The molecule has 2 saturated heterocycles. The summed E-state index contributed by atoms with van der Waals surface area (Å²) in [4.78, 5) is 19.2. The summed E-state index contributed by atoms with van der Waals surface area (Å²) in [6, 6.07) is 4.53. The zero-order chi connectivity index (χ0) is 14.8. The monoisotopic (exact) mass is 290 g/mol. The maximum atomic E-state index is 11.6. The number of likely N-dealkylation sites (tertiary alicyclic amines) is 1. The first-order chi connectivity index (χ1) is 10.2. The standard InChI is InChI=1S/C16H26N4O/c1-3-18-6-8-20(9-7-18)15-12-19(13-15)11-14-4-5-17(2)16(21)10-14/h4-5,10,15H,3,6-9,11-13H2,1-2H3. The number of rotatable bonds is 4. The molecule has 0 atom stereocenters. The van der Waals surface area contributed by atoms with Gasteiger partial charge >= 0.3 is 0 Å². The summed E-state index contributed by atoms with van der Waals surface area (Å²) < 4.78 is 1.62. The summed E-state index contributed by atoms with van der Waals surface area (Å²) >= 11 is 0. The van der Waals surface area contributed by atoms with Crippen LogP contribution in [0.4, 0.5) is 0 Å². The fraction of sp³-hybridized carbons (Fsp3) is 0.688. The van der Waals surface area contributed by atoms with E-state index < -0.39 is 0 Å². The number of aryl methyl sites for hydroxylation is 1. The van der Waals surface area contributed by atoms with Crippen LogP contribution in [-0.4, -0.2) is 71.1 Å². The van der Waals surface area contributed by atoms with E-state index in [-0.39, 0.29) is 5.56 Å². The molecule has 1 aromatic rings. The smallest absolute Gasteiger partial charge is 0.250 e. The summed E-state index contributed by atoms with van der Waals surface area (Å²) in [5.41, 5.74) is 1.22. The van der Waals surface area contributed by atoms with Crippen molar-refractivity contribution < 1.29 is 0 Å². The molecular formula is C16H26N4O. The van der Waals surface area contributed by atoms with Gasteiger partial charge in [0.2, 0.25) is 0 Å². The van der Waals surface area contributed by atoms with Gasteiger partial charge in [-0.15, -0.1) is 0 Å². The molecule has 21 heavy (non-hydrogen) atoms. The fourth-order valence-corrected chi connectivity index (χ4v) is 3.29. The van der Waals surface area contributed by atoms with Gasteiger partial charge in [0.25, 0.3) is 5.56 Å². The fourth-order valence-electron chi connectivity index (χ4n) is 3.29. The number of aromatic nitrogens is 1. The van der Waals surface area contributed by atoms with Crippen molar-refractivity contribution in [2.45, 2.75) is 19.5 Å². The number of nitrogens with zero attached hydrogens (tertiary/aromatic N) is 4. The Morgan fingerprint density at radius 1 is 1.14 bits per heavy atom. The Morgan fingerprint density at radius 2 is 1.86 bits per heavy atom. The zero-order valence-corrected chi connectivity index (χ0v) is 13.2. The largest absolute Gasteiger partial charge is 0.319 e. The third-order valence-corrected chi connectivity index (χ3v) is 4.88. The molecule has 0 saturated carbocycles. The molecule has 5 nitrogen and oxygen atoms in total. The molecule has 2 fully saturated rings. The average molecular weight is 290 g/mol. The lowest BCUT2D eigenvalue weighted by molar-refractivity contribution is 0.00209. The molecule has 0 bridgehead atoms. The minimum atomic E-state index is 0.0836. The predicted octanol–water partition coefficient (Wildman–Crippen LogP) is 0.207. The van der Waals surface area contributed by atoms with Crippen LogP contribution in [0.3, 0.4) is 0 Å². The van der Waals surface area contributed by atoms with Gasteiger partial charge in [0.05, 0.1) is 0 Å². The van der Waals surface area contributed by atoms with Gasteiger partial charge in [-0.1, -0.05) is 6.92 Å². The van der Waals surface area contributed by atoms with Crippen LogP contribution in [0.5, 0.6) is 0 Å². The zero-order valence-electron chi connectivity index (χ0n) is 13.2. The number of piperazine rings is 1. The Bertz CT molecular complexity index is 527. The Labute approximate surface area is 126 Å². The van der Waals surface area contributed by atoms with Crippen molar-refractivity contribution in [3.05, 3.63) is 34.2 Å². The summed E-state index contributed by atoms with van der Waals surface area (Å²) in [6.07, 6.45) is 1.86. The van der Waals surface area contributed by atoms with E-state index in [0.29, 0.717) is 0 Å². The Hall–Kier alpha value is -1.17. The van der Waals surface area contributed by atoms with Crippen LogP contribution in [0.1, 0.15) is 12.5 Å². The summed E-state index contributed by atoms with van der Waals surface area (Å²) in [5, 5.41) is 0. The number of likely N-dealkylation sites (N-methyl/N-ethyl adjacent to an activating group) is 1. The molecular weight excluding hydrogens is 264 g/mol. The van der Waals surface area contributed by atoms with Crippen LogP contribution in [-0.2, 0) is 13.6 Å². The molecule has 5 heteroatoms. The highest BCUT2D eigenvalue weighted by molar-refractivity contribution is 5.11. The van der Waals surface area contributed by atoms with E-state index in [0.717, 1.165) is 31.2 Å². The minimum Gasteiger partial charge on any atom is -0.319 e. The molecule has 0 aliphatic carbocycles. The van der Waals surface area contributed by atoms with Crippen LogP contribution < -0.4 is 5.56 Å². The van der Waals surface area contributed by atoms with Gasteiger partial charge in [0, 0.05) is 71.2 Å². The van der Waals surface area contributed by atoms with Crippen molar-refractivity contribution in [3.8, 4) is 0 Å². The Balaban J connectivity index is 1.45. The van der Waals surface area contributed by atoms with Crippen molar-refractivity contribution in [1.29, 1.82) is 0 Å². The van der Waals surface area contributed by atoms with Gasteiger partial charge in [-0.2, -0.15) is 0 Å². The van der Waals surface area contributed by atoms with Crippen LogP contribution in [0.2, 0.25) is 0 Å². The molecule has 2 aliphatic rings. The highest BCUT2D eigenvalue weighted by Gasteiger charge is 2.32. The second kappa shape index (κ2) is 6.30. The van der Waals surface area contributed by atoms with Gasteiger partial charge in [-0.05, 0) is 18.2 Å². The van der Waals surface area contributed by atoms with Crippen LogP contribution in [0.25, 0.3) is 0 Å². The van der Waals surface area contributed by atoms with Crippen LogP contribution in [0.15, 0.2) is 23.1 Å². The summed E-state index contributed by atoms with van der Waals surface area (Å²) in [6.45, 7) is 11.4. The summed E-state index contributed by atoms with van der Waals surface area (Å²) in [7, 11) is 1.79. The maximum absolute atomic E-state index is 11.6. The first-order valence-electron chi connectivity index (χ1n) is 8.00. The van der Waals surface area contributed by atoms with Gasteiger partial charge in [-0.25, -0.2) is 0 Å². The van der Waals surface area contributed by atoms with Crippen molar-refractivity contribution in [1.82, 2.24) is 19.3 Å². The SMILES string of the molecule is CCN1CCN(C2CN(Cc3ccn(C)c(=O)c3)C2)CC1. The predicted molar refractivity (Wildman–Crippen MR) is 84.4 cm³/mol. The highest BCUT2D eigenvalue weighted by Crippen LogP contribution is 2.19. The number of hydrogen-bond acceptors (Lipinski definition) is 4. The van der Waals surface area contributed by atoms with Crippen LogP contribution >= 0.6 is 0 Å². The van der Waals surface area contributed by atoms with Crippen molar-refractivity contribution in [2.75, 3.05) is 45.8 Å². The summed E-state index contributed by atoms with van der Waals surface area (Å²) in [5.74, 6) is 0. The van der Waals surface area contributed by atoms with E-state index in [4.69, 9.17) is 0 Å². The molecule has 0 amide bonds. The molecule has 0 aromatic carbocycles. The number of hydrogen-bond donors (Lipinski definition) is 0. The highest BCUT2D eigenvalue weighted by atomic mass is 16.1. The molecule has 1 aromatic heterocycles. The van der Waals surface area contributed by atoms with Crippen molar-refractivity contribution in [2.24, 2.45) is 7.05 Å². The van der Waals surface area contributed by atoms with E-state index in [9.17, 15) is 4.79 Å². The molecule has 0 N–H and O–H groups in total. The third kappa shape index (κ3) is 3.36.